The van der Waals surface area contributed by atoms with Crippen LogP contribution in [0.5, 0.6) is 0 Å². The molecule has 1 aromatic heterocycles. The number of allylic oxidation sites excluding steroid dienone is 2. The third-order valence-corrected chi connectivity index (χ3v) is 9.33. The average Bonchev–Trinajstić information content (AvgIpc) is 3.03. The van der Waals surface area contributed by atoms with Crippen molar-refractivity contribution >= 4 is 17.6 Å². The number of carbonyl (C=O) groups is 1. The summed E-state index contributed by atoms with van der Waals surface area (Å²) in [5.74, 6) is -0.644. The number of aromatic nitrogens is 1. The van der Waals surface area contributed by atoms with Crippen molar-refractivity contribution in [3.63, 3.8) is 0 Å². The second kappa shape index (κ2) is 13.0. The molecule has 4 aliphatic heterocycles. The molecule has 3 atom stereocenters. The minimum Gasteiger partial charge on any atom is -0.386 e. The van der Waals surface area contributed by atoms with Crippen molar-refractivity contribution in [2.24, 2.45) is 28.0 Å². The number of aliphatic hydroxyl groups excluding tert-OH is 1. The van der Waals surface area contributed by atoms with Crippen molar-refractivity contribution < 1.29 is 37.7 Å². The Hall–Kier alpha value is -3.76. The Bertz CT molecular complexity index is 1530. The summed E-state index contributed by atoms with van der Waals surface area (Å²) in [6.07, 6.45) is 4.73. The van der Waals surface area contributed by atoms with Gasteiger partial charge in [-0.1, -0.05) is 25.2 Å². The molecule has 0 bridgehead atoms. The molecule has 5 aliphatic rings. The van der Waals surface area contributed by atoms with Gasteiger partial charge < -0.3 is 41.4 Å². The molecule has 1 aliphatic carbocycles. The normalized spacial score (nSPS) is 27.1. The molecule has 0 radical (unpaired) electrons. The van der Waals surface area contributed by atoms with Crippen LogP contribution in [-0.4, -0.2) is 89.7 Å². The largest absolute Gasteiger partial charge is 0.416 e. The molecule has 7 N–H and O–H groups in total. The summed E-state index contributed by atoms with van der Waals surface area (Å²) in [5, 5.41) is 31.3. The maximum absolute atomic E-state index is 13.1. The molecular weight excluding hydrogens is 619 g/mol. The fourth-order valence-electron chi connectivity index (χ4n) is 6.35. The van der Waals surface area contributed by atoms with E-state index in [-0.39, 0.29) is 47.7 Å². The van der Waals surface area contributed by atoms with E-state index in [1.165, 1.54) is 6.20 Å². The van der Waals surface area contributed by atoms with Gasteiger partial charge in [0.15, 0.2) is 5.60 Å². The third-order valence-electron chi connectivity index (χ3n) is 9.33. The lowest BCUT2D eigenvalue weighted by molar-refractivity contribution is -0.210. The molecule has 254 valence electrons. The van der Waals surface area contributed by atoms with Crippen LogP contribution >= 0.6 is 0 Å². The van der Waals surface area contributed by atoms with Gasteiger partial charge in [0.2, 0.25) is 0 Å². The van der Waals surface area contributed by atoms with E-state index in [1.807, 2.05) is 13.0 Å². The number of nitrogens with zero attached hydrogens (tertiary/aromatic N) is 3. The first-order chi connectivity index (χ1) is 22.3. The number of amidine groups is 1. The minimum atomic E-state index is -4.56. The molecule has 1 aromatic rings. The predicted octanol–water partition coefficient (Wildman–Crippen LogP) is 1.97. The molecule has 3 saturated heterocycles. The summed E-state index contributed by atoms with van der Waals surface area (Å²) in [6, 6.07) is 1.62. The van der Waals surface area contributed by atoms with Gasteiger partial charge in [0.1, 0.15) is 23.6 Å². The Morgan fingerprint density at radius 1 is 1.28 bits per heavy atom. The van der Waals surface area contributed by atoms with Crippen molar-refractivity contribution in [2.45, 2.75) is 44.2 Å². The van der Waals surface area contributed by atoms with Crippen LogP contribution in [0, 0.1) is 17.3 Å². The highest BCUT2D eigenvalue weighted by Gasteiger charge is 2.45. The van der Waals surface area contributed by atoms with Gasteiger partial charge in [-0.3, -0.25) is 9.69 Å². The number of likely N-dealkylation sites (tertiary alicyclic amines) is 1. The number of carbonyl (C=O) groups excluding carboxylic acids is 1. The molecule has 5 heterocycles. The van der Waals surface area contributed by atoms with Crippen LogP contribution in [-0.2, 0) is 20.4 Å². The number of halogens is 3. The number of pyridine rings is 1. The quantitative estimate of drug-likeness (QED) is 0.231. The molecule has 1 amide bonds. The monoisotopic (exact) mass is 659 g/mol. The molecule has 47 heavy (non-hydrogen) atoms. The van der Waals surface area contributed by atoms with Gasteiger partial charge >= 0.3 is 6.18 Å². The van der Waals surface area contributed by atoms with Crippen molar-refractivity contribution in [3.8, 4) is 0 Å². The number of aliphatic hydroxyl groups is 2. The lowest BCUT2D eigenvalue weighted by atomic mass is 9.84. The van der Waals surface area contributed by atoms with Crippen LogP contribution in [0.15, 0.2) is 70.4 Å². The van der Waals surface area contributed by atoms with E-state index in [0.717, 1.165) is 37.7 Å². The Labute approximate surface area is 270 Å². The van der Waals surface area contributed by atoms with Crippen LogP contribution in [0.25, 0.3) is 0 Å². The third kappa shape index (κ3) is 7.09. The van der Waals surface area contributed by atoms with E-state index in [4.69, 9.17) is 15.2 Å². The highest BCUT2D eigenvalue weighted by molar-refractivity contribution is 6.05. The van der Waals surface area contributed by atoms with Crippen LogP contribution in [0.4, 0.5) is 19.0 Å². The van der Waals surface area contributed by atoms with E-state index in [9.17, 15) is 28.2 Å². The van der Waals surface area contributed by atoms with E-state index in [2.05, 4.69) is 30.8 Å². The Morgan fingerprint density at radius 2 is 2.04 bits per heavy atom. The predicted molar refractivity (Wildman–Crippen MR) is 166 cm³/mol. The standard InChI is InChI=1S/C32H40F3N7O5/c1-30(15-46-16-30)29(44)42-10-2-3-19(14-42)12-38-25(26-27(36)39-13-23(40-26)31(45)17-47-18-31)20-4-6-21(7-5-20)28(43)41-24-11-22(8-9-37-24)32(33,34)35/h4,6-9,11,13,19-20,29,38,40,44-45H,2-3,5,10,12,14-18H2,1H3,(H2,36,39)(H,37,41,43)/b26-25-/t19-,20?,29?/m0/s1. The first-order valence-corrected chi connectivity index (χ1v) is 15.7. The number of nitrogens with two attached hydrogens (primary N) is 1. The van der Waals surface area contributed by atoms with Gasteiger partial charge in [-0.05, 0) is 37.3 Å². The van der Waals surface area contributed by atoms with Crippen molar-refractivity contribution in [3.05, 3.63) is 71.0 Å². The van der Waals surface area contributed by atoms with Gasteiger partial charge in [0.25, 0.3) is 5.91 Å². The van der Waals surface area contributed by atoms with Crippen molar-refractivity contribution in [2.75, 3.05) is 51.4 Å². The Kier molecular flexibility index (Phi) is 9.19. The highest BCUT2D eigenvalue weighted by atomic mass is 19.4. The molecule has 6 rings (SSSR count). The lowest BCUT2D eigenvalue weighted by Crippen LogP contribution is -2.58. The first-order valence-electron chi connectivity index (χ1n) is 15.7. The fraction of sp³-hybridized carbons (Fsp3) is 0.531. The molecule has 3 fully saturated rings. The average molecular weight is 660 g/mol. The molecule has 0 aromatic carbocycles. The molecule has 0 saturated carbocycles. The number of ether oxygens (including phenoxy) is 2. The summed E-state index contributed by atoms with van der Waals surface area (Å²) < 4.78 is 50.0. The van der Waals surface area contributed by atoms with Gasteiger partial charge in [-0.15, -0.1) is 0 Å². The summed E-state index contributed by atoms with van der Waals surface area (Å²) >= 11 is 0. The Balaban J connectivity index is 1.18. The van der Waals surface area contributed by atoms with Crippen LogP contribution in [0.2, 0.25) is 0 Å². The lowest BCUT2D eigenvalue weighted by Gasteiger charge is -2.48. The molecule has 0 spiro atoms. The second-order valence-electron chi connectivity index (χ2n) is 13.1. The zero-order valence-electron chi connectivity index (χ0n) is 26.0. The number of aliphatic imine (C=N–C) groups is 1. The number of alkyl halides is 3. The summed E-state index contributed by atoms with van der Waals surface area (Å²) in [6.45, 7) is 5.38. The van der Waals surface area contributed by atoms with Crippen LogP contribution in [0.1, 0.15) is 31.7 Å². The van der Waals surface area contributed by atoms with E-state index in [0.29, 0.717) is 49.8 Å². The maximum Gasteiger partial charge on any atom is 0.416 e. The topological polar surface area (TPSA) is 167 Å². The maximum atomic E-state index is 13.1. The van der Waals surface area contributed by atoms with Crippen molar-refractivity contribution in [1.82, 2.24) is 20.5 Å². The van der Waals surface area contributed by atoms with Gasteiger partial charge in [0.05, 0.1) is 49.3 Å². The number of anilines is 1. The molecule has 12 nitrogen and oxygen atoms in total. The minimum absolute atomic E-state index is 0.118. The van der Waals surface area contributed by atoms with E-state index < -0.39 is 29.5 Å². The van der Waals surface area contributed by atoms with Gasteiger partial charge in [-0.2, -0.15) is 13.2 Å². The summed E-state index contributed by atoms with van der Waals surface area (Å²) in [7, 11) is 0. The SMILES string of the molecule is CC1(C(O)N2CCC[C@@H](CN/C(=C3\NC(C4(O)COC4)=CN=C3N)C3C=CC(C(=O)Nc4cc(C(F)(F)F)ccn4)=CC3)C2)COC1. The Morgan fingerprint density at radius 3 is 2.68 bits per heavy atom. The molecule has 2 unspecified atom stereocenters. The number of amides is 1. The van der Waals surface area contributed by atoms with Crippen LogP contribution < -0.4 is 21.7 Å². The zero-order chi connectivity index (χ0) is 33.4. The van der Waals surface area contributed by atoms with Crippen LogP contribution in [0.3, 0.4) is 0 Å². The van der Waals surface area contributed by atoms with Crippen molar-refractivity contribution in [1.29, 1.82) is 0 Å². The molecule has 15 heteroatoms. The highest BCUT2D eigenvalue weighted by Crippen LogP contribution is 2.35. The summed E-state index contributed by atoms with van der Waals surface area (Å²) in [5.41, 5.74) is 5.92. The number of hydrogen-bond acceptors (Lipinski definition) is 11. The van der Waals surface area contributed by atoms with E-state index >= 15 is 0 Å². The first kappa shape index (κ1) is 33.2. The fourth-order valence-corrected chi connectivity index (χ4v) is 6.35. The summed E-state index contributed by atoms with van der Waals surface area (Å²) in [4.78, 5) is 23.3. The number of piperidine rings is 1. The second-order valence-corrected chi connectivity index (χ2v) is 13.1. The smallest absolute Gasteiger partial charge is 0.386 e. The van der Waals surface area contributed by atoms with E-state index in [1.54, 1.807) is 12.2 Å². The number of hydrogen-bond donors (Lipinski definition) is 6. The zero-order valence-corrected chi connectivity index (χ0v) is 26.0. The number of nitrogens with one attached hydrogen (secondary N) is 3. The van der Waals surface area contributed by atoms with Gasteiger partial charge in [0, 0.05) is 43.0 Å². The number of rotatable bonds is 9. The van der Waals surface area contributed by atoms with Gasteiger partial charge in [-0.25, -0.2) is 9.98 Å². The molecular formula is C32H40F3N7O5.